The number of ether oxygens (including phenoxy) is 1. The molecule has 1 aromatic heterocycles. The number of hydrogen-bond acceptors (Lipinski definition) is 5. The molecule has 1 amide bonds. The molecule has 1 saturated heterocycles. The molecule has 0 bridgehead atoms. The van der Waals surface area contributed by atoms with Crippen LogP contribution in [0.5, 0.6) is 0 Å². The van der Waals surface area contributed by atoms with Gasteiger partial charge in [0.05, 0.1) is 4.47 Å². The first-order valence-corrected chi connectivity index (χ1v) is 7.65. The number of rotatable bonds is 5. The van der Waals surface area contributed by atoms with Crippen molar-refractivity contribution in [1.29, 1.82) is 0 Å². The predicted octanol–water partition coefficient (Wildman–Crippen LogP) is 1.48. The fourth-order valence-electron chi connectivity index (χ4n) is 2.41. The van der Waals surface area contributed by atoms with E-state index in [2.05, 4.69) is 25.8 Å². The Morgan fingerprint density at radius 1 is 1.43 bits per heavy atom. The highest BCUT2D eigenvalue weighted by Gasteiger charge is 2.23. The Hall–Kier alpha value is -1.63. The average Bonchev–Trinajstić information content (AvgIpc) is 2.47. The van der Waals surface area contributed by atoms with Crippen LogP contribution in [-0.4, -0.2) is 36.6 Å². The lowest BCUT2D eigenvalue weighted by atomic mass is 9.93. The summed E-state index contributed by atoms with van der Waals surface area (Å²) in [5.74, 6) is 0.237. The molecule has 1 fully saturated rings. The molecule has 2 heterocycles. The number of piperidine rings is 1. The minimum Gasteiger partial charge on any atom is -0.456 e. The molecule has 0 saturated carbocycles. The lowest BCUT2D eigenvalue weighted by molar-refractivity contribution is -0.148. The quantitative estimate of drug-likeness (QED) is 0.808. The first-order valence-electron chi connectivity index (χ1n) is 6.85. The van der Waals surface area contributed by atoms with Gasteiger partial charge in [0.25, 0.3) is 5.91 Å². The third-order valence-electron chi connectivity index (χ3n) is 3.48. The van der Waals surface area contributed by atoms with E-state index in [0.717, 1.165) is 36.2 Å². The van der Waals surface area contributed by atoms with Crippen molar-refractivity contribution in [1.82, 2.24) is 4.98 Å². The molecule has 1 aliphatic heterocycles. The number of amides is 1. The Morgan fingerprint density at radius 3 is 2.76 bits per heavy atom. The minimum absolute atomic E-state index is 0.282. The number of primary amides is 1. The van der Waals surface area contributed by atoms with Gasteiger partial charge in [0.15, 0.2) is 6.61 Å². The Kier molecular flexibility index (Phi) is 5.55. The number of carbonyl (C=O) groups is 2. The zero-order chi connectivity index (χ0) is 15.2. The van der Waals surface area contributed by atoms with Crippen LogP contribution in [0.15, 0.2) is 22.8 Å². The number of halogens is 1. The van der Waals surface area contributed by atoms with E-state index in [-0.39, 0.29) is 18.5 Å². The summed E-state index contributed by atoms with van der Waals surface area (Å²) in [5.41, 5.74) is 4.94. The maximum Gasteiger partial charge on any atom is 0.306 e. The third-order valence-corrected chi connectivity index (χ3v) is 4.10. The van der Waals surface area contributed by atoms with Crippen molar-refractivity contribution >= 4 is 33.6 Å². The number of aromatic nitrogens is 1. The summed E-state index contributed by atoms with van der Waals surface area (Å²) in [5, 5.41) is 0. The van der Waals surface area contributed by atoms with E-state index in [1.165, 1.54) is 0 Å². The maximum atomic E-state index is 11.6. The summed E-state index contributed by atoms with van der Waals surface area (Å²) < 4.78 is 5.77. The van der Waals surface area contributed by atoms with Crippen molar-refractivity contribution < 1.29 is 14.3 Å². The Labute approximate surface area is 131 Å². The lowest BCUT2D eigenvalue weighted by Gasteiger charge is -2.32. The number of esters is 1. The molecule has 2 N–H and O–H groups in total. The molecular weight excluding hydrogens is 338 g/mol. The van der Waals surface area contributed by atoms with Crippen molar-refractivity contribution in [3.8, 4) is 0 Å². The van der Waals surface area contributed by atoms with E-state index in [0.29, 0.717) is 6.42 Å². The molecule has 21 heavy (non-hydrogen) atoms. The van der Waals surface area contributed by atoms with Gasteiger partial charge in [-0.25, -0.2) is 4.98 Å². The van der Waals surface area contributed by atoms with E-state index in [1.807, 2.05) is 12.1 Å². The Bertz CT molecular complexity index is 516. The molecule has 0 unspecified atom stereocenters. The highest BCUT2D eigenvalue weighted by atomic mass is 79.9. The molecule has 2 rings (SSSR count). The van der Waals surface area contributed by atoms with Gasteiger partial charge in [-0.05, 0) is 46.8 Å². The molecule has 6 nitrogen and oxygen atoms in total. The fraction of sp³-hybridized carbons (Fsp3) is 0.500. The second-order valence-corrected chi connectivity index (χ2v) is 5.92. The van der Waals surface area contributed by atoms with Gasteiger partial charge >= 0.3 is 5.97 Å². The maximum absolute atomic E-state index is 11.6. The summed E-state index contributed by atoms with van der Waals surface area (Å²) >= 11 is 3.50. The normalized spacial score (nSPS) is 15.8. The summed E-state index contributed by atoms with van der Waals surface area (Å²) in [7, 11) is 0. The van der Waals surface area contributed by atoms with Crippen molar-refractivity contribution in [2.75, 3.05) is 24.6 Å². The van der Waals surface area contributed by atoms with Crippen LogP contribution in [0, 0.1) is 5.92 Å². The summed E-state index contributed by atoms with van der Waals surface area (Å²) in [6.07, 6.45) is 3.90. The summed E-state index contributed by atoms with van der Waals surface area (Å²) in [6.45, 7) is 1.37. The largest absolute Gasteiger partial charge is 0.456 e. The summed E-state index contributed by atoms with van der Waals surface area (Å²) in [4.78, 5) is 28.7. The number of hydrogen-bond donors (Lipinski definition) is 1. The monoisotopic (exact) mass is 355 g/mol. The fourth-order valence-corrected chi connectivity index (χ4v) is 2.91. The number of nitrogens with two attached hydrogens (primary N) is 1. The van der Waals surface area contributed by atoms with Gasteiger partial charge in [-0.2, -0.15) is 0 Å². The van der Waals surface area contributed by atoms with Crippen LogP contribution in [0.4, 0.5) is 5.82 Å². The highest BCUT2D eigenvalue weighted by molar-refractivity contribution is 9.10. The van der Waals surface area contributed by atoms with Gasteiger partial charge in [-0.1, -0.05) is 0 Å². The number of nitrogens with zero attached hydrogens (tertiary/aromatic N) is 2. The van der Waals surface area contributed by atoms with Crippen LogP contribution in [0.25, 0.3) is 0 Å². The molecule has 0 spiro atoms. The van der Waals surface area contributed by atoms with E-state index in [4.69, 9.17) is 10.5 Å². The smallest absolute Gasteiger partial charge is 0.306 e. The highest BCUT2D eigenvalue weighted by Crippen LogP contribution is 2.28. The van der Waals surface area contributed by atoms with E-state index < -0.39 is 5.91 Å². The van der Waals surface area contributed by atoms with Crippen LogP contribution < -0.4 is 10.6 Å². The van der Waals surface area contributed by atoms with Crippen molar-refractivity contribution in [2.45, 2.75) is 19.3 Å². The topological polar surface area (TPSA) is 85.5 Å². The van der Waals surface area contributed by atoms with Crippen LogP contribution in [0.2, 0.25) is 0 Å². The van der Waals surface area contributed by atoms with Gasteiger partial charge in [-0.3, -0.25) is 9.59 Å². The van der Waals surface area contributed by atoms with Crippen LogP contribution in [0.1, 0.15) is 19.3 Å². The lowest BCUT2D eigenvalue weighted by Crippen LogP contribution is -2.35. The SMILES string of the molecule is NC(=O)COC(=O)CC1CCN(c2ncccc2Br)CC1. The van der Waals surface area contributed by atoms with E-state index >= 15 is 0 Å². The zero-order valence-electron chi connectivity index (χ0n) is 11.6. The van der Waals surface area contributed by atoms with Crippen LogP contribution in [-0.2, 0) is 14.3 Å². The molecule has 0 radical (unpaired) electrons. The Balaban J connectivity index is 1.79. The molecule has 0 aliphatic carbocycles. The molecule has 7 heteroatoms. The first-order chi connectivity index (χ1) is 10.1. The third kappa shape index (κ3) is 4.70. The van der Waals surface area contributed by atoms with Gasteiger partial charge in [0.2, 0.25) is 0 Å². The molecular formula is C14H18BrN3O3. The number of pyridine rings is 1. The first kappa shape index (κ1) is 15.8. The summed E-state index contributed by atoms with van der Waals surface area (Å²) in [6, 6.07) is 3.85. The second kappa shape index (κ2) is 7.40. The number of anilines is 1. The van der Waals surface area contributed by atoms with E-state index in [1.54, 1.807) is 6.20 Å². The van der Waals surface area contributed by atoms with Crippen molar-refractivity contribution in [2.24, 2.45) is 11.7 Å². The second-order valence-electron chi connectivity index (χ2n) is 5.07. The van der Waals surface area contributed by atoms with Gasteiger partial charge < -0.3 is 15.4 Å². The van der Waals surface area contributed by atoms with E-state index in [9.17, 15) is 9.59 Å². The van der Waals surface area contributed by atoms with Crippen molar-refractivity contribution in [3.63, 3.8) is 0 Å². The van der Waals surface area contributed by atoms with Gasteiger partial charge in [0, 0.05) is 25.7 Å². The average molecular weight is 356 g/mol. The van der Waals surface area contributed by atoms with Crippen LogP contribution in [0.3, 0.4) is 0 Å². The Morgan fingerprint density at radius 2 is 2.14 bits per heavy atom. The molecule has 1 aliphatic rings. The molecule has 0 atom stereocenters. The van der Waals surface area contributed by atoms with Crippen LogP contribution >= 0.6 is 15.9 Å². The predicted molar refractivity (Wildman–Crippen MR) is 81.6 cm³/mol. The van der Waals surface area contributed by atoms with Gasteiger partial charge in [-0.15, -0.1) is 0 Å². The standard InChI is InChI=1S/C14H18BrN3O3/c15-11-2-1-5-17-14(11)18-6-3-10(4-7-18)8-13(20)21-9-12(16)19/h1-2,5,10H,3-4,6-9H2,(H2,16,19). The van der Waals surface area contributed by atoms with Gasteiger partial charge in [0.1, 0.15) is 5.82 Å². The minimum atomic E-state index is -0.627. The molecule has 0 aromatic carbocycles. The zero-order valence-corrected chi connectivity index (χ0v) is 13.2. The van der Waals surface area contributed by atoms with Crippen molar-refractivity contribution in [3.05, 3.63) is 22.8 Å². The number of carbonyl (C=O) groups excluding carboxylic acids is 2. The molecule has 1 aromatic rings. The molecule has 114 valence electrons.